The van der Waals surface area contributed by atoms with Crippen LogP contribution in [0.2, 0.25) is 0 Å². The highest BCUT2D eigenvalue weighted by Crippen LogP contribution is 2.65. The molecule has 4 rings (SSSR count). The van der Waals surface area contributed by atoms with Crippen molar-refractivity contribution in [2.45, 2.75) is 132 Å². The maximum absolute atomic E-state index is 2.76. The first-order valence-electron chi connectivity index (χ1n) is 14.0. The smallest absolute Gasteiger partial charge is 0.00851 e. The molecule has 4 aliphatic rings. The van der Waals surface area contributed by atoms with Crippen LogP contribution in [0.3, 0.4) is 0 Å². The van der Waals surface area contributed by atoms with E-state index in [1.54, 1.807) is 0 Å². The number of allylic oxidation sites excluding steroid dienone is 2. The summed E-state index contributed by atoms with van der Waals surface area (Å²) in [6.45, 7) is 16.7. The van der Waals surface area contributed by atoms with E-state index in [2.05, 4.69) is 40.7 Å². The van der Waals surface area contributed by atoms with Crippen LogP contribution in [0, 0.1) is 46.3 Å². The van der Waals surface area contributed by atoms with Gasteiger partial charge in [-0.3, -0.25) is 0 Å². The summed E-state index contributed by atoms with van der Waals surface area (Å²) in [5, 5.41) is 0. The molecule has 0 spiro atoms. The Hall–Kier alpha value is -0.260. The van der Waals surface area contributed by atoms with Gasteiger partial charge in [0.2, 0.25) is 0 Å². The molecule has 0 aromatic rings. The van der Waals surface area contributed by atoms with Crippen LogP contribution in [0.4, 0.5) is 0 Å². The molecule has 0 saturated heterocycles. The molecule has 5 unspecified atom stereocenters. The highest BCUT2D eigenvalue weighted by molar-refractivity contribution is 5.24. The van der Waals surface area contributed by atoms with Gasteiger partial charge in [-0.05, 0) is 104 Å². The molecule has 3 saturated carbocycles. The topological polar surface area (TPSA) is 0 Å². The molecule has 0 aromatic heterocycles. The third-order valence-electron chi connectivity index (χ3n) is 10.4. The van der Waals surface area contributed by atoms with Crippen molar-refractivity contribution in [3.63, 3.8) is 0 Å². The predicted molar refractivity (Wildman–Crippen MR) is 134 cm³/mol. The fraction of sp³-hybridized carbons (Fsp3) is 0.933. The van der Waals surface area contributed by atoms with Gasteiger partial charge in [0.05, 0.1) is 0 Å². The zero-order valence-corrected chi connectivity index (χ0v) is 21.7. The first kappa shape index (κ1) is 24.4. The molecule has 30 heavy (non-hydrogen) atoms. The lowest BCUT2D eigenvalue weighted by molar-refractivity contribution is -0.0965. The maximum atomic E-state index is 2.76. The number of rotatable bonds is 5. The van der Waals surface area contributed by atoms with Gasteiger partial charge in [0, 0.05) is 0 Å². The summed E-state index contributed by atoms with van der Waals surface area (Å²) in [6.07, 6.45) is 22.1. The second-order valence-corrected chi connectivity index (χ2v) is 12.5. The van der Waals surface area contributed by atoms with Crippen molar-refractivity contribution in [2.24, 2.45) is 46.3 Å². The number of hydrogen-bond donors (Lipinski definition) is 0. The standard InChI is InChI=1S/C28H48.C2H6/c1-20(2)9-6-7-10-22-11-8-12-25-24-14-13-23-19-21(3)15-17-28(23,5)26(24)16-18-27(22,25)4;1-2/h13,20-22,24-26H,6-12,14-19H2,1-5H3;1-2H3/t21?,22?,24?,25?,26?,27-,28+;/m0./s1. The third kappa shape index (κ3) is 4.59. The van der Waals surface area contributed by atoms with Crippen molar-refractivity contribution in [3.8, 4) is 0 Å². The van der Waals surface area contributed by atoms with Crippen LogP contribution in [0.15, 0.2) is 11.6 Å². The van der Waals surface area contributed by atoms with E-state index in [9.17, 15) is 0 Å². The number of hydrogen-bond acceptors (Lipinski definition) is 0. The molecular weight excluding hydrogens is 360 g/mol. The van der Waals surface area contributed by atoms with Crippen LogP contribution >= 0.6 is 0 Å². The summed E-state index contributed by atoms with van der Waals surface area (Å²) >= 11 is 0. The van der Waals surface area contributed by atoms with Crippen LogP contribution < -0.4 is 0 Å². The van der Waals surface area contributed by atoms with Gasteiger partial charge < -0.3 is 0 Å². The van der Waals surface area contributed by atoms with Gasteiger partial charge in [-0.1, -0.05) is 85.8 Å². The highest BCUT2D eigenvalue weighted by Gasteiger charge is 2.56. The van der Waals surface area contributed by atoms with Gasteiger partial charge in [-0.25, -0.2) is 0 Å². The maximum Gasteiger partial charge on any atom is -0.00851 e. The van der Waals surface area contributed by atoms with Crippen molar-refractivity contribution < 1.29 is 0 Å². The van der Waals surface area contributed by atoms with Crippen LogP contribution in [0.25, 0.3) is 0 Å². The molecule has 7 atom stereocenters. The van der Waals surface area contributed by atoms with Crippen LogP contribution in [0.5, 0.6) is 0 Å². The number of unbranched alkanes of at least 4 members (excludes halogenated alkanes) is 1. The minimum Gasteiger partial charge on any atom is -0.0845 e. The molecule has 3 fully saturated rings. The Morgan fingerprint density at radius 2 is 1.73 bits per heavy atom. The van der Waals surface area contributed by atoms with E-state index in [1.165, 1.54) is 83.5 Å². The summed E-state index contributed by atoms with van der Waals surface area (Å²) in [6, 6.07) is 0. The lowest BCUT2D eigenvalue weighted by atomic mass is 9.43. The highest BCUT2D eigenvalue weighted by atomic mass is 14.6. The van der Waals surface area contributed by atoms with Crippen LogP contribution in [0.1, 0.15) is 132 Å². The molecule has 0 N–H and O–H groups in total. The van der Waals surface area contributed by atoms with E-state index < -0.39 is 0 Å². The Bertz CT molecular complexity index is 571. The summed E-state index contributed by atoms with van der Waals surface area (Å²) < 4.78 is 0. The summed E-state index contributed by atoms with van der Waals surface area (Å²) in [5.74, 6) is 5.84. The molecule has 0 bridgehead atoms. The van der Waals surface area contributed by atoms with E-state index in [0.717, 1.165) is 35.5 Å². The zero-order valence-electron chi connectivity index (χ0n) is 21.7. The molecule has 4 aliphatic carbocycles. The van der Waals surface area contributed by atoms with E-state index in [1.807, 2.05) is 19.4 Å². The molecular formula is C30H54. The van der Waals surface area contributed by atoms with Gasteiger partial charge in [-0.2, -0.15) is 0 Å². The molecule has 174 valence electrons. The van der Waals surface area contributed by atoms with Gasteiger partial charge >= 0.3 is 0 Å². The van der Waals surface area contributed by atoms with Crippen LogP contribution in [-0.4, -0.2) is 0 Å². The monoisotopic (exact) mass is 414 g/mol. The largest absolute Gasteiger partial charge is 0.0845 e. The Kier molecular flexibility index (Phi) is 8.23. The number of fused-ring (bicyclic) bond motifs is 5. The SMILES string of the molecule is CC.CC(C)CCCCC1CCCC2C3CC=C4CC(C)CC[C@@]4(C)C3CC[C@@]12C. The van der Waals surface area contributed by atoms with E-state index in [0.29, 0.717) is 10.8 Å². The van der Waals surface area contributed by atoms with E-state index in [-0.39, 0.29) is 0 Å². The molecule has 0 aliphatic heterocycles. The molecule has 0 heteroatoms. The van der Waals surface area contributed by atoms with Gasteiger partial charge in [0.15, 0.2) is 0 Å². The van der Waals surface area contributed by atoms with Crippen molar-refractivity contribution >= 4 is 0 Å². The van der Waals surface area contributed by atoms with E-state index in [4.69, 9.17) is 0 Å². The van der Waals surface area contributed by atoms with E-state index >= 15 is 0 Å². The van der Waals surface area contributed by atoms with Gasteiger partial charge in [-0.15, -0.1) is 0 Å². The second kappa shape index (κ2) is 10.1. The summed E-state index contributed by atoms with van der Waals surface area (Å²) in [4.78, 5) is 0. The minimum atomic E-state index is 0.557. The lowest BCUT2D eigenvalue weighted by Gasteiger charge is -2.62. The van der Waals surface area contributed by atoms with Gasteiger partial charge in [0.25, 0.3) is 0 Å². The van der Waals surface area contributed by atoms with Crippen molar-refractivity contribution in [1.29, 1.82) is 0 Å². The molecule has 0 nitrogen and oxygen atoms in total. The third-order valence-corrected chi connectivity index (χ3v) is 10.4. The first-order chi connectivity index (χ1) is 14.3. The molecule has 0 amide bonds. The van der Waals surface area contributed by atoms with Crippen molar-refractivity contribution in [1.82, 2.24) is 0 Å². The second-order valence-electron chi connectivity index (χ2n) is 12.5. The Labute approximate surface area is 190 Å². The average Bonchev–Trinajstić information content (AvgIpc) is 2.73. The Morgan fingerprint density at radius 1 is 0.967 bits per heavy atom. The fourth-order valence-electron chi connectivity index (χ4n) is 8.57. The molecule has 0 radical (unpaired) electrons. The Balaban J connectivity index is 0.00000124. The van der Waals surface area contributed by atoms with Crippen LogP contribution in [-0.2, 0) is 0 Å². The van der Waals surface area contributed by atoms with Crippen molar-refractivity contribution in [2.75, 3.05) is 0 Å². The van der Waals surface area contributed by atoms with Crippen molar-refractivity contribution in [3.05, 3.63) is 11.6 Å². The molecule has 0 heterocycles. The predicted octanol–water partition coefficient (Wildman–Crippen LogP) is 9.83. The van der Waals surface area contributed by atoms with Gasteiger partial charge in [0.1, 0.15) is 0 Å². The Morgan fingerprint density at radius 3 is 2.47 bits per heavy atom. The normalized spacial score (nSPS) is 42.9. The zero-order chi connectivity index (χ0) is 21.9. The summed E-state index contributed by atoms with van der Waals surface area (Å²) in [5.41, 5.74) is 3.08. The fourth-order valence-corrected chi connectivity index (χ4v) is 8.57. The quantitative estimate of drug-likeness (QED) is 0.310. The molecule has 0 aromatic carbocycles. The first-order valence-corrected chi connectivity index (χ1v) is 14.0. The lowest BCUT2D eigenvalue weighted by Crippen LogP contribution is -2.53. The summed E-state index contributed by atoms with van der Waals surface area (Å²) in [7, 11) is 0. The minimum absolute atomic E-state index is 0.557. The average molecular weight is 415 g/mol.